The van der Waals surface area contributed by atoms with Crippen LogP contribution in [0.4, 0.5) is 24.5 Å². The number of nitrogens with zero attached hydrogens (tertiary/aromatic N) is 2. The Morgan fingerprint density at radius 3 is 2.75 bits per heavy atom. The second kappa shape index (κ2) is 9.19. The molecule has 2 aliphatic heterocycles. The predicted octanol–water partition coefficient (Wildman–Crippen LogP) is 3.99. The van der Waals surface area contributed by atoms with Crippen LogP contribution in [-0.2, 0) is 22.1 Å². The highest BCUT2D eigenvalue weighted by Crippen LogP contribution is 2.40. The van der Waals surface area contributed by atoms with Crippen LogP contribution < -0.4 is 15.1 Å². The summed E-state index contributed by atoms with van der Waals surface area (Å²) in [5.74, 6) is -0.655. The van der Waals surface area contributed by atoms with Gasteiger partial charge in [-0.15, -0.1) is 0 Å². The van der Waals surface area contributed by atoms with E-state index in [1.807, 2.05) is 24.3 Å². The number of hydrogen-bond donors (Lipinski definition) is 1. The molecule has 0 spiro atoms. The van der Waals surface area contributed by atoms with Crippen LogP contribution in [0.5, 0.6) is 0 Å². The molecule has 2 aromatic carbocycles. The SMILES string of the molecule is COCCNC(=O)[C@@H]1Cc2cc(C(F)(F)F)ccc2N2CCN(c3cccc(Cl)c3)C[C@H]12. The molecule has 1 N–H and O–H groups in total. The van der Waals surface area contributed by atoms with E-state index >= 15 is 0 Å². The number of fused-ring (bicyclic) bond motifs is 3. The van der Waals surface area contributed by atoms with Gasteiger partial charge in [0.05, 0.1) is 24.1 Å². The molecule has 0 aromatic heterocycles. The molecule has 2 atom stereocenters. The Balaban J connectivity index is 1.65. The fourth-order valence-corrected chi connectivity index (χ4v) is 4.80. The minimum Gasteiger partial charge on any atom is -0.383 e. The Bertz CT molecular complexity index is 985. The number of halogens is 4. The van der Waals surface area contributed by atoms with Crippen LogP contribution in [0.2, 0.25) is 5.02 Å². The molecule has 0 aliphatic carbocycles. The van der Waals surface area contributed by atoms with E-state index in [2.05, 4.69) is 15.1 Å². The van der Waals surface area contributed by atoms with Gasteiger partial charge in [-0.2, -0.15) is 13.2 Å². The van der Waals surface area contributed by atoms with Crippen molar-refractivity contribution in [2.75, 3.05) is 49.7 Å². The van der Waals surface area contributed by atoms with E-state index in [9.17, 15) is 18.0 Å². The molecule has 0 saturated carbocycles. The molecule has 1 fully saturated rings. The summed E-state index contributed by atoms with van der Waals surface area (Å²) in [6.45, 7) is 2.57. The van der Waals surface area contributed by atoms with Crippen LogP contribution in [0.1, 0.15) is 11.1 Å². The number of carbonyl (C=O) groups excluding carboxylic acids is 1. The topological polar surface area (TPSA) is 44.8 Å². The van der Waals surface area contributed by atoms with Gasteiger partial charge in [-0.3, -0.25) is 4.79 Å². The van der Waals surface area contributed by atoms with E-state index < -0.39 is 17.7 Å². The first-order chi connectivity index (χ1) is 15.3. The lowest BCUT2D eigenvalue weighted by Crippen LogP contribution is -2.61. The highest BCUT2D eigenvalue weighted by atomic mass is 35.5. The van der Waals surface area contributed by atoms with Crippen molar-refractivity contribution in [2.24, 2.45) is 5.92 Å². The third-order valence-electron chi connectivity index (χ3n) is 6.15. The number of anilines is 2. The molecule has 172 valence electrons. The van der Waals surface area contributed by atoms with E-state index in [-0.39, 0.29) is 18.4 Å². The molecular formula is C23H25ClF3N3O2. The Kier molecular flexibility index (Phi) is 6.53. The summed E-state index contributed by atoms with van der Waals surface area (Å²) in [6.07, 6.45) is -4.17. The van der Waals surface area contributed by atoms with Crippen LogP contribution in [-0.4, -0.2) is 51.8 Å². The Hall–Kier alpha value is -2.45. The Labute approximate surface area is 190 Å². The van der Waals surface area contributed by atoms with Gasteiger partial charge in [0.1, 0.15) is 0 Å². The summed E-state index contributed by atoms with van der Waals surface area (Å²) < 4.78 is 44.9. The molecule has 5 nitrogen and oxygen atoms in total. The number of methoxy groups -OCH3 is 1. The molecule has 2 aliphatic rings. The quantitative estimate of drug-likeness (QED) is 0.675. The van der Waals surface area contributed by atoms with Gasteiger partial charge in [-0.05, 0) is 48.4 Å². The molecule has 9 heteroatoms. The summed E-state index contributed by atoms with van der Waals surface area (Å²) >= 11 is 6.17. The molecule has 0 bridgehead atoms. The molecule has 4 rings (SSSR count). The normalized spacial score (nSPS) is 20.5. The smallest absolute Gasteiger partial charge is 0.383 e. The van der Waals surface area contributed by atoms with Gasteiger partial charge >= 0.3 is 6.18 Å². The van der Waals surface area contributed by atoms with Crippen LogP contribution in [0, 0.1) is 5.92 Å². The van der Waals surface area contributed by atoms with E-state index in [0.717, 1.165) is 17.4 Å². The summed E-state index contributed by atoms with van der Waals surface area (Å²) in [6, 6.07) is 11.2. The summed E-state index contributed by atoms with van der Waals surface area (Å²) in [5.41, 5.74) is 1.61. The lowest BCUT2D eigenvalue weighted by molar-refractivity contribution is -0.137. The summed E-state index contributed by atoms with van der Waals surface area (Å²) in [4.78, 5) is 17.3. The first kappa shape index (κ1) is 22.7. The minimum absolute atomic E-state index is 0.172. The van der Waals surface area contributed by atoms with Crippen molar-refractivity contribution in [1.29, 1.82) is 0 Å². The third kappa shape index (κ3) is 4.66. The first-order valence-electron chi connectivity index (χ1n) is 10.5. The molecule has 0 unspecified atom stereocenters. The highest BCUT2D eigenvalue weighted by molar-refractivity contribution is 6.30. The second-order valence-electron chi connectivity index (χ2n) is 8.12. The van der Waals surface area contributed by atoms with Gasteiger partial charge in [0.25, 0.3) is 0 Å². The number of rotatable bonds is 5. The molecule has 32 heavy (non-hydrogen) atoms. The number of piperazine rings is 1. The standard InChI is InChI=1S/C23H25ClF3N3O2/c1-32-10-7-28-22(31)19-12-15-11-16(23(25,26)27)5-6-20(15)30-9-8-29(14-21(19)30)18-4-2-3-17(24)13-18/h2-6,11,13,19,21H,7-10,12,14H2,1H3,(H,28,31)/t19-,21-/m1/s1. The molecule has 1 saturated heterocycles. The maximum atomic E-state index is 13.3. The van der Waals surface area contributed by atoms with Crippen molar-refractivity contribution < 1.29 is 22.7 Å². The third-order valence-corrected chi connectivity index (χ3v) is 6.39. The Morgan fingerprint density at radius 1 is 1.22 bits per heavy atom. The lowest BCUT2D eigenvalue weighted by atomic mass is 9.82. The molecule has 2 aromatic rings. The molecule has 0 radical (unpaired) electrons. The van der Waals surface area contributed by atoms with Crippen molar-refractivity contribution >= 4 is 28.9 Å². The zero-order valence-electron chi connectivity index (χ0n) is 17.7. The number of ether oxygens (including phenoxy) is 1. The van der Waals surface area contributed by atoms with Crippen LogP contribution in [0.25, 0.3) is 0 Å². The number of hydrogen-bond acceptors (Lipinski definition) is 4. The van der Waals surface area contributed by atoms with Crippen LogP contribution >= 0.6 is 11.6 Å². The van der Waals surface area contributed by atoms with Gasteiger partial charge in [0, 0.05) is 49.7 Å². The van der Waals surface area contributed by atoms with E-state index in [4.69, 9.17) is 16.3 Å². The number of nitrogens with one attached hydrogen (secondary N) is 1. The lowest BCUT2D eigenvalue weighted by Gasteiger charge is -2.49. The van der Waals surface area contributed by atoms with Gasteiger partial charge < -0.3 is 19.9 Å². The average molecular weight is 468 g/mol. The Morgan fingerprint density at radius 2 is 2.03 bits per heavy atom. The summed E-state index contributed by atoms with van der Waals surface area (Å²) in [7, 11) is 1.55. The monoisotopic (exact) mass is 467 g/mol. The molecule has 1 amide bonds. The van der Waals surface area contributed by atoms with Gasteiger partial charge in [0.15, 0.2) is 0 Å². The van der Waals surface area contributed by atoms with Crippen molar-refractivity contribution in [3.63, 3.8) is 0 Å². The van der Waals surface area contributed by atoms with Crippen molar-refractivity contribution in [2.45, 2.75) is 18.6 Å². The number of alkyl halides is 3. The minimum atomic E-state index is -4.42. The molecule has 2 heterocycles. The molecular weight excluding hydrogens is 443 g/mol. The van der Waals surface area contributed by atoms with Crippen LogP contribution in [0.3, 0.4) is 0 Å². The van der Waals surface area contributed by atoms with Gasteiger partial charge in [-0.25, -0.2) is 0 Å². The van der Waals surface area contributed by atoms with E-state index in [1.165, 1.54) is 6.07 Å². The first-order valence-corrected chi connectivity index (χ1v) is 10.9. The predicted molar refractivity (Wildman–Crippen MR) is 118 cm³/mol. The van der Waals surface area contributed by atoms with Gasteiger partial charge in [0.2, 0.25) is 5.91 Å². The fourth-order valence-electron chi connectivity index (χ4n) is 4.61. The van der Waals surface area contributed by atoms with Gasteiger partial charge in [-0.1, -0.05) is 17.7 Å². The van der Waals surface area contributed by atoms with Crippen molar-refractivity contribution in [1.82, 2.24) is 5.32 Å². The second-order valence-corrected chi connectivity index (χ2v) is 8.56. The number of carbonyl (C=O) groups is 1. The van der Waals surface area contributed by atoms with E-state index in [0.29, 0.717) is 43.4 Å². The van der Waals surface area contributed by atoms with Crippen LogP contribution in [0.15, 0.2) is 42.5 Å². The zero-order chi connectivity index (χ0) is 22.9. The maximum absolute atomic E-state index is 13.3. The largest absolute Gasteiger partial charge is 0.416 e. The highest BCUT2D eigenvalue weighted by Gasteiger charge is 2.42. The zero-order valence-corrected chi connectivity index (χ0v) is 18.4. The van der Waals surface area contributed by atoms with Crippen molar-refractivity contribution in [3.05, 3.63) is 58.6 Å². The number of amides is 1. The fraction of sp³-hybridized carbons (Fsp3) is 0.435. The number of benzene rings is 2. The summed E-state index contributed by atoms with van der Waals surface area (Å²) in [5, 5.41) is 3.51. The average Bonchev–Trinajstić information content (AvgIpc) is 2.77. The van der Waals surface area contributed by atoms with Crippen molar-refractivity contribution in [3.8, 4) is 0 Å². The maximum Gasteiger partial charge on any atom is 0.416 e. The van der Waals surface area contributed by atoms with E-state index in [1.54, 1.807) is 13.2 Å².